The molecule has 0 bridgehead atoms. The summed E-state index contributed by atoms with van der Waals surface area (Å²) in [6.45, 7) is 10.1. The van der Waals surface area contributed by atoms with Crippen LogP contribution >= 0.6 is 0 Å². The Bertz CT molecular complexity index is 1640. The zero-order valence-corrected chi connectivity index (χ0v) is 25.9. The van der Waals surface area contributed by atoms with Gasteiger partial charge >= 0.3 is 5.97 Å². The lowest BCUT2D eigenvalue weighted by Crippen LogP contribution is -2.16. The molecular formula is C33H41N3O5S. The summed E-state index contributed by atoms with van der Waals surface area (Å²) < 4.78 is 31.9. The number of aromatic nitrogens is 3. The topological polar surface area (TPSA) is 111 Å². The van der Waals surface area contributed by atoms with Gasteiger partial charge in [-0.1, -0.05) is 71.2 Å². The van der Waals surface area contributed by atoms with E-state index in [1.807, 2.05) is 33.8 Å². The van der Waals surface area contributed by atoms with Crippen LogP contribution in [-0.4, -0.2) is 40.6 Å². The molecule has 8 nitrogen and oxygen atoms in total. The number of carbonyl (C=O) groups is 1. The summed E-state index contributed by atoms with van der Waals surface area (Å²) >= 11 is 0. The van der Waals surface area contributed by atoms with Crippen molar-refractivity contribution < 1.29 is 23.1 Å². The van der Waals surface area contributed by atoms with E-state index in [-0.39, 0.29) is 34.0 Å². The first-order valence-electron chi connectivity index (χ1n) is 14.6. The third-order valence-corrected chi connectivity index (χ3v) is 9.07. The monoisotopic (exact) mass is 591 g/mol. The summed E-state index contributed by atoms with van der Waals surface area (Å²) in [5.41, 5.74) is 2.37. The lowest BCUT2D eigenvalue weighted by Gasteiger charge is -2.23. The first-order chi connectivity index (χ1) is 19.9. The van der Waals surface area contributed by atoms with E-state index in [4.69, 9.17) is 4.74 Å². The molecular weight excluding hydrogens is 550 g/mol. The molecule has 0 aliphatic carbocycles. The number of phenols is 1. The first kappa shape index (κ1) is 31.2. The van der Waals surface area contributed by atoms with Gasteiger partial charge in [-0.3, -0.25) is 4.79 Å². The number of carbonyl (C=O) groups excluding carboxylic acids is 1. The number of benzene rings is 3. The number of phenolic OH excluding ortho intramolecular Hbond substituents is 1. The Hall–Kier alpha value is -3.72. The highest BCUT2D eigenvalue weighted by Gasteiger charge is 2.24. The lowest BCUT2D eigenvalue weighted by atomic mass is 9.84. The molecule has 3 aromatic carbocycles. The normalized spacial score (nSPS) is 12.9. The van der Waals surface area contributed by atoms with Gasteiger partial charge in [-0.25, -0.2) is 8.42 Å². The second-order valence-electron chi connectivity index (χ2n) is 11.9. The molecule has 9 heteroatoms. The van der Waals surface area contributed by atoms with Crippen LogP contribution in [0.1, 0.15) is 84.3 Å². The number of sulfone groups is 1. The van der Waals surface area contributed by atoms with Crippen molar-refractivity contribution in [2.24, 2.45) is 0 Å². The minimum atomic E-state index is -3.73. The Labute approximate surface area is 248 Å². The summed E-state index contributed by atoms with van der Waals surface area (Å²) in [6, 6.07) is 16.5. The minimum absolute atomic E-state index is 0.0342. The number of esters is 1. The largest absolute Gasteiger partial charge is 0.505 e. The van der Waals surface area contributed by atoms with Gasteiger partial charge in [0.15, 0.2) is 0 Å². The fourth-order valence-corrected chi connectivity index (χ4v) is 6.20. The van der Waals surface area contributed by atoms with Crippen LogP contribution in [0.15, 0.2) is 70.5 Å². The molecule has 1 N–H and O–H groups in total. The Balaban J connectivity index is 1.60. The van der Waals surface area contributed by atoms with Crippen molar-refractivity contribution in [3.8, 4) is 11.4 Å². The minimum Gasteiger partial charge on any atom is -0.505 e. The van der Waals surface area contributed by atoms with Gasteiger partial charge in [0, 0.05) is 12.0 Å². The van der Waals surface area contributed by atoms with Crippen molar-refractivity contribution in [1.29, 1.82) is 0 Å². The van der Waals surface area contributed by atoms with E-state index in [1.54, 1.807) is 42.5 Å². The van der Waals surface area contributed by atoms with Crippen LogP contribution < -0.4 is 0 Å². The van der Waals surface area contributed by atoms with Gasteiger partial charge in [0.1, 0.15) is 22.5 Å². The maximum atomic E-state index is 13.1. The molecule has 0 aliphatic heterocycles. The molecule has 1 unspecified atom stereocenters. The Morgan fingerprint density at radius 3 is 2.36 bits per heavy atom. The van der Waals surface area contributed by atoms with Crippen LogP contribution in [0.5, 0.6) is 5.75 Å². The molecule has 224 valence electrons. The smallest absolute Gasteiger partial charge is 0.306 e. The van der Waals surface area contributed by atoms with Crippen molar-refractivity contribution in [2.75, 3.05) is 0 Å². The Morgan fingerprint density at radius 1 is 0.952 bits per heavy atom. The van der Waals surface area contributed by atoms with E-state index in [0.29, 0.717) is 28.7 Å². The summed E-state index contributed by atoms with van der Waals surface area (Å²) in [5.74, 6) is -0.216. The van der Waals surface area contributed by atoms with Crippen LogP contribution in [0, 0.1) is 0 Å². The summed E-state index contributed by atoms with van der Waals surface area (Å²) in [7, 11) is -3.73. The van der Waals surface area contributed by atoms with Crippen molar-refractivity contribution in [3.05, 3.63) is 71.8 Å². The van der Waals surface area contributed by atoms with E-state index in [2.05, 4.69) is 17.1 Å². The molecule has 42 heavy (non-hydrogen) atoms. The second-order valence-corrected chi connectivity index (χ2v) is 13.8. The number of aryl methyl sites for hydroxylation is 1. The van der Waals surface area contributed by atoms with E-state index in [1.165, 1.54) is 29.8 Å². The maximum absolute atomic E-state index is 13.1. The molecule has 4 rings (SSSR count). The average molecular weight is 592 g/mol. The SMILES string of the molecule is CCCCCCC(C)OC(=O)CCc1cc(-n2nc3ccc(S(=O)(=O)c4ccccc4)cc3n2)c(O)c(C(C)(C)C)c1. The summed E-state index contributed by atoms with van der Waals surface area (Å²) in [6.07, 6.45) is 5.92. The molecule has 0 spiro atoms. The number of hydrogen-bond acceptors (Lipinski definition) is 7. The number of unbranched alkanes of at least 4 members (excludes halogenated alkanes) is 3. The first-order valence-corrected chi connectivity index (χ1v) is 16.1. The van der Waals surface area contributed by atoms with Crippen LogP contribution in [0.4, 0.5) is 0 Å². The van der Waals surface area contributed by atoms with Crippen LogP contribution in [0.3, 0.4) is 0 Å². The highest BCUT2D eigenvalue weighted by atomic mass is 32.2. The molecule has 0 amide bonds. The average Bonchev–Trinajstić information content (AvgIpc) is 3.38. The molecule has 0 radical (unpaired) electrons. The van der Waals surface area contributed by atoms with Crippen molar-refractivity contribution in [1.82, 2.24) is 15.0 Å². The fourth-order valence-electron chi connectivity index (χ4n) is 4.90. The predicted molar refractivity (Wildman–Crippen MR) is 164 cm³/mol. The molecule has 1 aromatic heterocycles. The van der Waals surface area contributed by atoms with E-state index < -0.39 is 15.3 Å². The van der Waals surface area contributed by atoms with Gasteiger partial charge in [-0.15, -0.1) is 15.0 Å². The lowest BCUT2D eigenvalue weighted by molar-refractivity contribution is -0.148. The summed E-state index contributed by atoms with van der Waals surface area (Å²) in [5, 5.41) is 20.4. The fraction of sp³-hybridized carbons (Fsp3) is 0.424. The number of fused-ring (bicyclic) bond motifs is 1. The molecule has 1 atom stereocenters. The van der Waals surface area contributed by atoms with Crippen molar-refractivity contribution in [3.63, 3.8) is 0 Å². The van der Waals surface area contributed by atoms with Crippen molar-refractivity contribution >= 4 is 26.8 Å². The molecule has 0 aliphatic rings. The Morgan fingerprint density at radius 2 is 1.67 bits per heavy atom. The highest BCUT2D eigenvalue weighted by Crippen LogP contribution is 2.37. The van der Waals surface area contributed by atoms with Gasteiger partial charge in [0.2, 0.25) is 9.84 Å². The van der Waals surface area contributed by atoms with Crippen LogP contribution in [0.25, 0.3) is 16.7 Å². The molecule has 0 fully saturated rings. The number of aromatic hydroxyl groups is 1. The summed E-state index contributed by atoms with van der Waals surface area (Å²) in [4.78, 5) is 14.2. The van der Waals surface area contributed by atoms with Gasteiger partial charge in [-0.2, -0.15) is 0 Å². The Kier molecular flexibility index (Phi) is 9.71. The van der Waals surface area contributed by atoms with Gasteiger partial charge in [0.05, 0.1) is 15.9 Å². The highest BCUT2D eigenvalue weighted by molar-refractivity contribution is 7.91. The molecule has 0 saturated carbocycles. The van der Waals surface area contributed by atoms with E-state index in [9.17, 15) is 18.3 Å². The van der Waals surface area contributed by atoms with Gasteiger partial charge in [-0.05, 0) is 73.6 Å². The zero-order valence-electron chi connectivity index (χ0n) is 25.1. The second kappa shape index (κ2) is 13.1. The van der Waals surface area contributed by atoms with Gasteiger partial charge in [0.25, 0.3) is 0 Å². The third kappa shape index (κ3) is 7.37. The maximum Gasteiger partial charge on any atom is 0.306 e. The quantitative estimate of drug-likeness (QED) is 0.138. The number of rotatable bonds is 12. The molecule has 4 aromatic rings. The van der Waals surface area contributed by atoms with Crippen LogP contribution in [0.2, 0.25) is 0 Å². The number of hydrogen-bond donors (Lipinski definition) is 1. The van der Waals surface area contributed by atoms with Crippen LogP contribution in [-0.2, 0) is 31.2 Å². The standard InChI is InChI=1S/C33H41N3O5S/c1-6-7-8-10-13-23(2)41-31(37)19-16-24-20-27(33(3,4)5)32(38)30(21-24)36-34-28-18-17-26(22-29(28)35-36)42(39,40)25-14-11-9-12-15-25/h9,11-12,14-15,17-18,20-23,38H,6-8,10,13,16,19H2,1-5H3. The number of ether oxygens (including phenoxy) is 1. The van der Waals surface area contributed by atoms with Gasteiger partial charge < -0.3 is 9.84 Å². The predicted octanol–water partition coefficient (Wildman–Crippen LogP) is 7.09. The zero-order chi connectivity index (χ0) is 30.5. The van der Waals surface area contributed by atoms with E-state index in [0.717, 1.165) is 24.8 Å². The third-order valence-electron chi connectivity index (χ3n) is 7.30. The number of nitrogens with zero attached hydrogens (tertiary/aromatic N) is 3. The molecule has 1 heterocycles. The molecule has 0 saturated heterocycles. The van der Waals surface area contributed by atoms with E-state index >= 15 is 0 Å². The van der Waals surface area contributed by atoms with Crippen molar-refractivity contribution in [2.45, 2.75) is 101 Å².